The van der Waals surface area contributed by atoms with Gasteiger partial charge in [-0.2, -0.15) is 0 Å². The first-order chi connectivity index (χ1) is 8.15. The zero-order valence-electron chi connectivity index (χ0n) is 9.64. The van der Waals surface area contributed by atoms with Gasteiger partial charge >= 0.3 is 0 Å². The first kappa shape index (κ1) is 12.0. The Hall–Kier alpha value is -1.46. The number of anilines is 1. The summed E-state index contributed by atoms with van der Waals surface area (Å²) in [5, 5.41) is 3.45. The van der Waals surface area contributed by atoms with Crippen molar-refractivity contribution in [2.24, 2.45) is 5.73 Å². The number of nitrogens with one attached hydrogen (secondary N) is 1. The van der Waals surface area contributed by atoms with Gasteiger partial charge in [0.1, 0.15) is 0 Å². The Kier molecular flexibility index (Phi) is 3.71. The second-order valence-electron chi connectivity index (χ2n) is 4.05. The van der Waals surface area contributed by atoms with Crippen LogP contribution in [0.15, 0.2) is 24.3 Å². The SMILES string of the molecule is CC(N)CCC(=O)Nc1nc2ccccc2s1. The number of thiazole rings is 1. The number of hydrogen-bond donors (Lipinski definition) is 2. The average Bonchev–Trinajstić information content (AvgIpc) is 2.68. The van der Waals surface area contributed by atoms with Crippen LogP contribution in [0.2, 0.25) is 0 Å². The number of nitrogens with zero attached hydrogens (tertiary/aromatic N) is 1. The molecular weight excluding hydrogens is 234 g/mol. The fourth-order valence-corrected chi connectivity index (χ4v) is 2.35. The standard InChI is InChI=1S/C12H15N3OS/c1-8(13)6-7-11(16)15-12-14-9-4-2-3-5-10(9)17-12/h2-5,8H,6-7,13H2,1H3,(H,14,15,16). The second-order valence-corrected chi connectivity index (χ2v) is 5.08. The summed E-state index contributed by atoms with van der Waals surface area (Å²) >= 11 is 1.49. The van der Waals surface area contributed by atoms with Crippen LogP contribution in [0, 0.1) is 0 Å². The quantitative estimate of drug-likeness (QED) is 0.874. The van der Waals surface area contributed by atoms with Crippen LogP contribution in [-0.4, -0.2) is 16.9 Å². The summed E-state index contributed by atoms with van der Waals surface area (Å²) in [6.45, 7) is 1.89. The lowest BCUT2D eigenvalue weighted by Gasteiger charge is -2.03. The van der Waals surface area contributed by atoms with Crippen molar-refractivity contribution in [3.05, 3.63) is 24.3 Å². The van der Waals surface area contributed by atoms with E-state index in [-0.39, 0.29) is 11.9 Å². The molecule has 2 aromatic rings. The number of amides is 1. The number of fused-ring (bicyclic) bond motifs is 1. The topological polar surface area (TPSA) is 68.0 Å². The van der Waals surface area contributed by atoms with Crippen molar-refractivity contribution < 1.29 is 4.79 Å². The van der Waals surface area contributed by atoms with Crippen LogP contribution in [0.1, 0.15) is 19.8 Å². The normalized spacial score (nSPS) is 12.6. The zero-order chi connectivity index (χ0) is 12.3. The highest BCUT2D eigenvalue weighted by atomic mass is 32.1. The van der Waals surface area contributed by atoms with Gasteiger partial charge in [-0.3, -0.25) is 4.79 Å². The molecule has 0 radical (unpaired) electrons. The fraction of sp³-hybridized carbons (Fsp3) is 0.333. The molecule has 1 atom stereocenters. The summed E-state index contributed by atoms with van der Waals surface area (Å²) < 4.78 is 1.08. The maximum atomic E-state index is 11.6. The molecule has 1 heterocycles. The molecule has 3 N–H and O–H groups in total. The van der Waals surface area contributed by atoms with E-state index in [1.54, 1.807) is 0 Å². The van der Waals surface area contributed by atoms with E-state index in [0.29, 0.717) is 18.0 Å². The number of para-hydroxylation sites is 1. The third-order valence-electron chi connectivity index (χ3n) is 2.37. The van der Waals surface area contributed by atoms with E-state index in [1.165, 1.54) is 11.3 Å². The third-order valence-corrected chi connectivity index (χ3v) is 3.32. The number of hydrogen-bond acceptors (Lipinski definition) is 4. The van der Waals surface area contributed by atoms with Crippen molar-refractivity contribution in [3.8, 4) is 0 Å². The van der Waals surface area contributed by atoms with Crippen LogP contribution in [0.25, 0.3) is 10.2 Å². The van der Waals surface area contributed by atoms with Gasteiger partial charge in [0.25, 0.3) is 0 Å². The van der Waals surface area contributed by atoms with Gasteiger partial charge in [-0.05, 0) is 25.5 Å². The smallest absolute Gasteiger partial charge is 0.226 e. The second kappa shape index (κ2) is 5.25. The molecule has 17 heavy (non-hydrogen) atoms. The van der Waals surface area contributed by atoms with Gasteiger partial charge in [-0.1, -0.05) is 23.5 Å². The Morgan fingerprint density at radius 1 is 1.53 bits per heavy atom. The molecule has 5 heteroatoms. The largest absolute Gasteiger partial charge is 0.328 e. The van der Waals surface area contributed by atoms with Crippen LogP contribution >= 0.6 is 11.3 Å². The first-order valence-corrected chi connectivity index (χ1v) is 6.38. The highest BCUT2D eigenvalue weighted by Gasteiger charge is 2.07. The zero-order valence-corrected chi connectivity index (χ0v) is 10.5. The molecule has 0 saturated carbocycles. The number of rotatable bonds is 4. The van der Waals surface area contributed by atoms with Gasteiger partial charge < -0.3 is 11.1 Å². The first-order valence-electron chi connectivity index (χ1n) is 5.56. The summed E-state index contributed by atoms with van der Waals surface area (Å²) in [6, 6.07) is 7.87. The number of nitrogens with two attached hydrogens (primary N) is 1. The molecular formula is C12H15N3OS. The lowest BCUT2D eigenvalue weighted by molar-refractivity contribution is -0.116. The Morgan fingerprint density at radius 3 is 3.00 bits per heavy atom. The van der Waals surface area contributed by atoms with E-state index < -0.39 is 0 Å². The van der Waals surface area contributed by atoms with Gasteiger partial charge in [0.2, 0.25) is 5.91 Å². The van der Waals surface area contributed by atoms with Crippen LogP contribution in [0.3, 0.4) is 0 Å². The summed E-state index contributed by atoms with van der Waals surface area (Å²) in [4.78, 5) is 15.9. The molecule has 0 bridgehead atoms. The summed E-state index contributed by atoms with van der Waals surface area (Å²) in [6.07, 6.45) is 1.13. The minimum Gasteiger partial charge on any atom is -0.328 e. The van der Waals surface area contributed by atoms with Crippen molar-refractivity contribution in [3.63, 3.8) is 0 Å². The predicted molar refractivity (Wildman–Crippen MR) is 71.1 cm³/mol. The van der Waals surface area contributed by atoms with Crippen molar-refractivity contribution in [1.82, 2.24) is 4.98 Å². The molecule has 4 nitrogen and oxygen atoms in total. The van der Waals surface area contributed by atoms with Gasteiger partial charge in [-0.15, -0.1) is 0 Å². The molecule has 2 rings (SSSR count). The Morgan fingerprint density at radius 2 is 2.29 bits per heavy atom. The van der Waals surface area contributed by atoms with E-state index >= 15 is 0 Å². The number of aromatic nitrogens is 1. The van der Waals surface area contributed by atoms with Crippen molar-refractivity contribution in [1.29, 1.82) is 0 Å². The molecule has 1 unspecified atom stereocenters. The third kappa shape index (κ3) is 3.25. The van der Waals surface area contributed by atoms with E-state index in [2.05, 4.69) is 10.3 Å². The molecule has 1 aromatic heterocycles. The molecule has 0 aliphatic carbocycles. The van der Waals surface area contributed by atoms with Crippen LogP contribution in [0.4, 0.5) is 5.13 Å². The summed E-state index contributed by atoms with van der Waals surface area (Å²) in [7, 11) is 0. The maximum absolute atomic E-state index is 11.6. The van der Waals surface area contributed by atoms with Gasteiger partial charge in [0.15, 0.2) is 5.13 Å². The van der Waals surface area contributed by atoms with E-state index in [1.807, 2.05) is 31.2 Å². The van der Waals surface area contributed by atoms with Gasteiger partial charge in [0.05, 0.1) is 10.2 Å². The van der Waals surface area contributed by atoms with Crippen LogP contribution in [0.5, 0.6) is 0 Å². The number of carbonyl (C=O) groups excluding carboxylic acids is 1. The molecule has 1 aromatic carbocycles. The fourth-order valence-electron chi connectivity index (χ4n) is 1.47. The van der Waals surface area contributed by atoms with Gasteiger partial charge in [-0.25, -0.2) is 4.98 Å². The van der Waals surface area contributed by atoms with E-state index in [9.17, 15) is 4.79 Å². The number of carbonyl (C=O) groups is 1. The lowest BCUT2D eigenvalue weighted by Crippen LogP contribution is -2.19. The highest BCUT2D eigenvalue weighted by Crippen LogP contribution is 2.25. The molecule has 0 spiro atoms. The van der Waals surface area contributed by atoms with E-state index in [4.69, 9.17) is 5.73 Å². The molecule has 0 aliphatic heterocycles. The Bertz CT molecular complexity index is 488. The van der Waals surface area contributed by atoms with Crippen LogP contribution in [-0.2, 0) is 4.79 Å². The molecule has 0 fully saturated rings. The molecule has 1 amide bonds. The summed E-state index contributed by atoms with van der Waals surface area (Å²) in [5.74, 6) is -0.0265. The Balaban J connectivity index is 2.01. The minimum atomic E-state index is -0.0265. The maximum Gasteiger partial charge on any atom is 0.226 e. The van der Waals surface area contributed by atoms with Crippen molar-refractivity contribution in [2.45, 2.75) is 25.8 Å². The minimum absolute atomic E-state index is 0.0265. The molecule has 0 aliphatic rings. The Labute approximate surface area is 104 Å². The average molecular weight is 249 g/mol. The van der Waals surface area contributed by atoms with E-state index in [0.717, 1.165) is 10.2 Å². The molecule has 0 saturated heterocycles. The summed E-state index contributed by atoms with van der Waals surface area (Å²) in [5.41, 5.74) is 6.52. The van der Waals surface area contributed by atoms with Crippen molar-refractivity contribution in [2.75, 3.05) is 5.32 Å². The monoisotopic (exact) mass is 249 g/mol. The lowest BCUT2D eigenvalue weighted by atomic mass is 10.2. The van der Waals surface area contributed by atoms with Crippen molar-refractivity contribution >= 4 is 32.6 Å². The molecule has 90 valence electrons. The number of benzene rings is 1. The van der Waals surface area contributed by atoms with Crippen LogP contribution < -0.4 is 11.1 Å². The predicted octanol–water partition coefficient (Wildman–Crippen LogP) is 2.36. The van der Waals surface area contributed by atoms with Gasteiger partial charge in [0, 0.05) is 12.5 Å². The highest BCUT2D eigenvalue weighted by molar-refractivity contribution is 7.22.